The number of aliphatic hydroxyl groups excluding tert-OH is 2. The molecule has 0 aliphatic carbocycles. The van der Waals surface area contributed by atoms with Crippen LogP contribution in [0.15, 0.2) is 24.9 Å². The Morgan fingerprint density at radius 3 is 2.17 bits per heavy atom. The summed E-state index contributed by atoms with van der Waals surface area (Å²) in [5, 5.41) is 17.7. The van der Waals surface area contributed by atoms with Crippen molar-refractivity contribution in [3.05, 3.63) is 53.1 Å². The van der Waals surface area contributed by atoms with E-state index in [1.807, 2.05) is 20.0 Å². The molecule has 5 N–H and O–H groups in total. The first-order chi connectivity index (χ1) is 11.6. The Morgan fingerprint density at radius 1 is 1.04 bits per heavy atom. The summed E-state index contributed by atoms with van der Waals surface area (Å²) in [6.45, 7) is 4.14. The molecule has 3 rings (SSSR count). The summed E-state index contributed by atoms with van der Waals surface area (Å²) in [7, 11) is 0. The first-order valence-corrected chi connectivity index (χ1v) is 7.80. The highest BCUT2D eigenvalue weighted by Gasteiger charge is 2.02. The maximum atomic E-state index is 8.62. The van der Waals surface area contributed by atoms with Crippen molar-refractivity contribution in [3.8, 4) is 0 Å². The van der Waals surface area contributed by atoms with Crippen molar-refractivity contribution in [2.24, 2.45) is 0 Å². The summed E-state index contributed by atoms with van der Waals surface area (Å²) in [5.41, 5.74) is 2.89. The highest BCUT2D eigenvalue weighted by atomic mass is 35.5. The number of hydrogen-bond acceptors (Lipinski definition) is 5. The lowest BCUT2D eigenvalue weighted by molar-refractivity contribution is 0.291. The molecular formula is C15H23ClN6O2. The van der Waals surface area contributed by atoms with Gasteiger partial charge in [-0.3, -0.25) is 0 Å². The molecule has 0 aromatic carbocycles. The van der Waals surface area contributed by atoms with E-state index in [1.165, 1.54) is 0 Å². The fraction of sp³-hybridized carbons (Fsp3) is 0.400. The molecule has 24 heavy (non-hydrogen) atoms. The number of hydrogen-bond donors (Lipinski definition) is 5. The number of imidazole rings is 3. The van der Waals surface area contributed by atoms with Gasteiger partial charge in [-0.05, 0) is 25.4 Å². The zero-order valence-corrected chi connectivity index (χ0v) is 14.5. The lowest BCUT2D eigenvalue weighted by Gasteiger charge is -1.96. The normalized spacial score (nSPS) is 9.71. The molecule has 0 saturated heterocycles. The number of aliphatic hydroxyl groups is 2. The quantitative estimate of drug-likeness (QED) is 0.486. The van der Waals surface area contributed by atoms with Crippen LogP contribution in [0.3, 0.4) is 0 Å². The fourth-order valence-corrected chi connectivity index (χ4v) is 1.91. The smallest absolute Gasteiger partial charge is 0.199 e. The number of H-pyrrole nitrogens is 3. The molecule has 9 heteroatoms. The van der Waals surface area contributed by atoms with Crippen LogP contribution in [0.25, 0.3) is 0 Å². The van der Waals surface area contributed by atoms with E-state index in [-0.39, 0.29) is 13.2 Å². The second-order valence-electron chi connectivity index (χ2n) is 4.81. The third-order valence-electron chi connectivity index (χ3n) is 2.81. The molecule has 0 aliphatic rings. The standard InChI is InChI=1S/C7H12N2O2.C5H8N2.C3H3ClN2/c10-3-1-6-7(2-4-11)9-5-8-6;1-4-3-6-5(2)7-4;4-3-5-1-2-6-3/h5,10-11H,1-4H2,(H,8,9);3H,1-2H3,(H,6,7);1-2H,(H,5,6). The molecule has 0 bridgehead atoms. The first-order valence-electron chi connectivity index (χ1n) is 7.42. The van der Waals surface area contributed by atoms with E-state index in [4.69, 9.17) is 21.8 Å². The molecule has 0 unspecified atom stereocenters. The molecule has 0 spiro atoms. The molecule has 0 aliphatic heterocycles. The average Bonchev–Trinajstić information content (AvgIpc) is 3.27. The Bertz CT molecular complexity index is 628. The molecule has 132 valence electrons. The van der Waals surface area contributed by atoms with Gasteiger partial charge in [0, 0.05) is 56.0 Å². The predicted octanol–water partition coefficient (Wildman–Crippen LogP) is 1.57. The molecular weight excluding hydrogens is 332 g/mol. The number of nitrogens with zero attached hydrogens (tertiary/aromatic N) is 3. The number of aromatic nitrogens is 6. The molecule has 0 atom stereocenters. The van der Waals surface area contributed by atoms with Gasteiger partial charge in [0.25, 0.3) is 0 Å². The average molecular weight is 355 g/mol. The molecule has 3 aromatic heterocycles. The van der Waals surface area contributed by atoms with Gasteiger partial charge in [-0.15, -0.1) is 0 Å². The lowest BCUT2D eigenvalue weighted by Crippen LogP contribution is -1.99. The van der Waals surface area contributed by atoms with Crippen LogP contribution in [0.2, 0.25) is 5.28 Å². The van der Waals surface area contributed by atoms with Gasteiger partial charge < -0.3 is 25.2 Å². The van der Waals surface area contributed by atoms with Crippen LogP contribution in [-0.2, 0) is 12.8 Å². The van der Waals surface area contributed by atoms with Gasteiger partial charge in [0.1, 0.15) is 5.82 Å². The number of rotatable bonds is 4. The van der Waals surface area contributed by atoms with Crippen LogP contribution >= 0.6 is 11.6 Å². The summed E-state index contributed by atoms with van der Waals surface area (Å²) in [4.78, 5) is 20.2. The maximum absolute atomic E-state index is 8.62. The van der Waals surface area contributed by atoms with Gasteiger partial charge in [-0.1, -0.05) is 0 Å². The van der Waals surface area contributed by atoms with Crippen molar-refractivity contribution >= 4 is 11.6 Å². The molecule has 3 aromatic rings. The highest BCUT2D eigenvalue weighted by Crippen LogP contribution is 2.03. The minimum atomic E-state index is 0.100. The lowest BCUT2D eigenvalue weighted by atomic mass is 10.2. The van der Waals surface area contributed by atoms with Crippen molar-refractivity contribution in [1.82, 2.24) is 29.9 Å². The third-order valence-corrected chi connectivity index (χ3v) is 3.02. The molecule has 8 nitrogen and oxygen atoms in total. The van der Waals surface area contributed by atoms with Crippen LogP contribution < -0.4 is 0 Å². The Morgan fingerprint density at radius 2 is 1.79 bits per heavy atom. The van der Waals surface area contributed by atoms with Gasteiger partial charge in [0.05, 0.1) is 12.0 Å². The summed E-state index contributed by atoms with van der Waals surface area (Å²) < 4.78 is 0. The van der Waals surface area contributed by atoms with Crippen molar-refractivity contribution < 1.29 is 10.2 Å². The minimum Gasteiger partial charge on any atom is -0.396 e. The van der Waals surface area contributed by atoms with Crippen LogP contribution in [0.1, 0.15) is 22.9 Å². The molecule has 0 saturated carbocycles. The first kappa shape index (κ1) is 19.9. The molecule has 0 radical (unpaired) electrons. The van der Waals surface area contributed by atoms with E-state index in [2.05, 4.69) is 29.9 Å². The van der Waals surface area contributed by atoms with E-state index in [1.54, 1.807) is 18.7 Å². The van der Waals surface area contributed by atoms with Crippen molar-refractivity contribution in [1.29, 1.82) is 0 Å². The van der Waals surface area contributed by atoms with Gasteiger partial charge in [-0.25, -0.2) is 15.0 Å². The van der Waals surface area contributed by atoms with E-state index < -0.39 is 0 Å². The van der Waals surface area contributed by atoms with Gasteiger partial charge in [0.2, 0.25) is 0 Å². The fourth-order valence-electron chi connectivity index (χ4n) is 1.79. The minimum absolute atomic E-state index is 0.100. The van der Waals surface area contributed by atoms with Gasteiger partial charge in [0.15, 0.2) is 5.28 Å². The summed E-state index contributed by atoms with van der Waals surface area (Å²) in [6, 6.07) is 0. The Hall–Kier alpha value is -2.16. The highest BCUT2D eigenvalue weighted by molar-refractivity contribution is 6.28. The van der Waals surface area contributed by atoms with Crippen molar-refractivity contribution in [2.45, 2.75) is 26.7 Å². The maximum Gasteiger partial charge on any atom is 0.199 e. The second-order valence-corrected chi connectivity index (χ2v) is 5.16. The Kier molecular flexibility index (Phi) is 9.44. The summed E-state index contributed by atoms with van der Waals surface area (Å²) in [6.07, 6.45) is 7.80. The van der Waals surface area contributed by atoms with E-state index >= 15 is 0 Å². The number of aryl methyl sites for hydroxylation is 2. The second kappa shape index (κ2) is 11.4. The van der Waals surface area contributed by atoms with E-state index in [9.17, 15) is 0 Å². The van der Waals surface area contributed by atoms with Crippen molar-refractivity contribution in [2.75, 3.05) is 13.2 Å². The largest absolute Gasteiger partial charge is 0.396 e. The monoisotopic (exact) mass is 354 g/mol. The predicted molar refractivity (Wildman–Crippen MR) is 91.8 cm³/mol. The van der Waals surface area contributed by atoms with Crippen LogP contribution in [0.4, 0.5) is 0 Å². The molecule has 0 fully saturated rings. The van der Waals surface area contributed by atoms with E-state index in [0.29, 0.717) is 18.1 Å². The van der Waals surface area contributed by atoms with Crippen LogP contribution in [0.5, 0.6) is 0 Å². The zero-order chi connectivity index (χ0) is 17.8. The van der Waals surface area contributed by atoms with Crippen LogP contribution in [0, 0.1) is 13.8 Å². The zero-order valence-electron chi connectivity index (χ0n) is 13.8. The Balaban J connectivity index is 0.000000191. The topological polar surface area (TPSA) is 127 Å². The van der Waals surface area contributed by atoms with Crippen molar-refractivity contribution in [3.63, 3.8) is 0 Å². The van der Waals surface area contributed by atoms with Gasteiger partial charge >= 0.3 is 0 Å². The number of nitrogens with one attached hydrogen (secondary N) is 3. The third kappa shape index (κ3) is 7.91. The van der Waals surface area contributed by atoms with Gasteiger partial charge in [-0.2, -0.15) is 0 Å². The molecule has 3 heterocycles. The Labute approximate surface area is 145 Å². The summed E-state index contributed by atoms with van der Waals surface area (Å²) >= 11 is 5.29. The summed E-state index contributed by atoms with van der Waals surface area (Å²) in [5.74, 6) is 0.984. The molecule has 0 amide bonds. The number of halogens is 1. The van der Waals surface area contributed by atoms with Crippen LogP contribution in [-0.4, -0.2) is 53.3 Å². The SMILES string of the molecule is Cc1cnc(C)[nH]1.Clc1ncc[nH]1.OCCc1nc[nH]c1CCO. The van der Waals surface area contributed by atoms with E-state index in [0.717, 1.165) is 22.9 Å². The number of aromatic amines is 3.